The molecule has 1 aliphatic rings. The van der Waals surface area contributed by atoms with E-state index < -0.39 is 5.91 Å². The molecule has 2 aromatic carbocycles. The summed E-state index contributed by atoms with van der Waals surface area (Å²) in [5.74, 6) is -0.754. The standard InChI is InChI=1S/C19H17Cl2N3OS/c20-11-4-7-16(15(21)9-11)24-18-13-6-5-12(26)8-10(13)2-1-3-14(18)17(22)19(23)25/h4-9,22,24,26H,1-3H2,(H2,23,25). The molecule has 7 heteroatoms. The normalized spacial score (nSPS) is 13.8. The summed E-state index contributed by atoms with van der Waals surface area (Å²) in [6, 6.07) is 10.9. The predicted molar refractivity (Wildman–Crippen MR) is 111 cm³/mol. The second kappa shape index (κ2) is 7.74. The smallest absolute Gasteiger partial charge is 0.266 e. The minimum atomic E-state index is -0.754. The van der Waals surface area contributed by atoms with E-state index in [-0.39, 0.29) is 5.71 Å². The highest BCUT2D eigenvalue weighted by Gasteiger charge is 2.23. The van der Waals surface area contributed by atoms with Crippen molar-refractivity contribution in [1.29, 1.82) is 5.41 Å². The number of benzene rings is 2. The number of hydrogen-bond donors (Lipinski definition) is 4. The van der Waals surface area contributed by atoms with Crippen LogP contribution in [0.1, 0.15) is 24.0 Å². The highest BCUT2D eigenvalue weighted by molar-refractivity contribution is 7.80. The van der Waals surface area contributed by atoms with Gasteiger partial charge in [0.25, 0.3) is 5.91 Å². The first kappa shape index (κ1) is 18.8. The van der Waals surface area contributed by atoms with Crippen molar-refractivity contribution in [1.82, 2.24) is 0 Å². The van der Waals surface area contributed by atoms with E-state index in [1.807, 2.05) is 18.2 Å². The molecule has 0 aromatic heterocycles. The molecule has 4 nitrogen and oxygen atoms in total. The highest BCUT2D eigenvalue weighted by Crippen LogP contribution is 2.35. The van der Waals surface area contributed by atoms with E-state index in [9.17, 15) is 4.79 Å². The average Bonchev–Trinajstić information content (AvgIpc) is 2.75. The Morgan fingerprint density at radius 3 is 2.62 bits per heavy atom. The first-order valence-electron chi connectivity index (χ1n) is 8.03. The first-order valence-corrected chi connectivity index (χ1v) is 9.23. The van der Waals surface area contributed by atoms with Crippen molar-refractivity contribution in [3.63, 3.8) is 0 Å². The zero-order valence-electron chi connectivity index (χ0n) is 13.8. The van der Waals surface area contributed by atoms with Crippen LogP contribution in [0.2, 0.25) is 10.0 Å². The van der Waals surface area contributed by atoms with Gasteiger partial charge < -0.3 is 11.1 Å². The van der Waals surface area contributed by atoms with Gasteiger partial charge >= 0.3 is 0 Å². The molecule has 0 unspecified atom stereocenters. The van der Waals surface area contributed by atoms with E-state index in [0.29, 0.717) is 33.4 Å². The van der Waals surface area contributed by atoms with Crippen molar-refractivity contribution < 1.29 is 4.79 Å². The van der Waals surface area contributed by atoms with E-state index in [1.54, 1.807) is 18.2 Å². The molecule has 0 saturated heterocycles. The van der Waals surface area contributed by atoms with Gasteiger partial charge in [-0.05, 0) is 55.2 Å². The molecule has 26 heavy (non-hydrogen) atoms. The van der Waals surface area contributed by atoms with Crippen LogP contribution in [0.4, 0.5) is 5.69 Å². The average molecular weight is 406 g/mol. The molecular formula is C19H17Cl2N3OS. The lowest BCUT2D eigenvalue weighted by Gasteiger charge is -2.18. The van der Waals surface area contributed by atoms with Crippen molar-refractivity contribution >= 4 is 58.8 Å². The number of fused-ring (bicyclic) bond motifs is 1. The molecule has 0 bridgehead atoms. The Morgan fingerprint density at radius 2 is 1.92 bits per heavy atom. The number of rotatable bonds is 4. The molecule has 0 spiro atoms. The Balaban J connectivity index is 2.18. The fourth-order valence-electron chi connectivity index (χ4n) is 3.04. The molecule has 0 fully saturated rings. The van der Waals surface area contributed by atoms with Crippen LogP contribution < -0.4 is 11.1 Å². The predicted octanol–water partition coefficient (Wildman–Crippen LogP) is 4.95. The maximum Gasteiger partial charge on any atom is 0.266 e. The lowest BCUT2D eigenvalue weighted by molar-refractivity contribution is -0.112. The molecule has 0 saturated carbocycles. The zero-order valence-corrected chi connectivity index (χ0v) is 16.2. The number of anilines is 1. The molecule has 0 atom stereocenters. The van der Waals surface area contributed by atoms with Crippen LogP contribution in [0.15, 0.2) is 46.9 Å². The summed E-state index contributed by atoms with van der Waals surface area (Å²) >= 11 is 16.7. The Morgan fingerprint density at radius 1 is 1.15 bits per heavy atom. The van der Waals surface area contributed by atoms with Gasteiger partial charge in [-0.1, -0.05) is 29.3 Å². The molecule has 0 heterocycles. The Kier molecular flexibility index (Phi) is 5.61. The third kappa shape index (κ3) is 3.90. The topological polar surface area (TPSA) is 79.0 Å². The maximum atomic E-state index is 11.7. The quantitative estimate of drug-likeness (QED) is 0.428. The minimum absolute atomic E-state index is 0.194. The number of carbonyl (C=O) groups excluding carboxylic acids is 1. The SMILES string of the molecule is N=C(C(N)=O)C1=C(Nc2ccc(Cl)cc2Cl)c2ccc(S)cc2CCC1. The van der Waals surface area contributed by atoms with Crippen LogP contribution in [0, 0.1) is 5.41 Å². The van der Waals surface area contributed by atoms with E-state index in [2.05, 4.69) is 17.9 Å². The lowest BCUT2D eigenvalue weighted by Crippen LogP contribution is -2.25. The van der Waals surface area contributed by atoms with Crippen LogP contribution in [-0.4, -0.2) is 11.6 Å². The molecule has 134 valence electrons. The van der Waals surface area contributed by atoms with Crippen LogP contribution in [0.5, 0.6) is 0 Å². The maximum absolute atomic E-state index is 11.7. The van der Waals surface area contributed by atoms with Gasteiger partial charge in [0.15, 0.2) is 0 Å². The summed E-state index contributed by atoms with van der Waals surface area (Å²) in [4.78, 5) is 12.5. The third-order valence-electron chi connectivity index (χ3n) is 4.27. The Hall–Kier alpha value is -1.95. The van der Waals surface area contributed by atoms with Crippen molar-refractivity contribution in [2.24, 2.45) is 5.73 Å². The molecular weight excluding hydrogens is 389 g/mol. The number of nitrogens with one attached hydrogen (secondary N) is 2. The van der Waals surface area contributed by atoms with Crippen LogP contribution in [0.25, 0.3) is 5.70 Å². The van der Waals surface area contributed by atoms with E-state index in [4.69, 9.17) is 34.3 Å². The van der Waals surface area contributed by atoms with Crippen molar-refractivity contribution in [2.45, 2.75) is 24.2 Å². The Bertz CT molecular complexity index is 940. The van der Waals surface area contributed by atoms with Gasteiger partial charge in [-0.25, -0.2) is 0 Å². The summed E-state index contributed by atoms with van der Waals surface area (Å²) in [7, 11) is 0. The fraction of sp³-hybridized carbons (Fsp3) is 0.158. The molecule has 3 rings (SSSR count). The van der Waals surface area contributed by atoms with Crippen LogP contribution in [-0.2, 0) is 11.2 Å². The first-order chi connectivity index (χ1) is 12.4. The van der Waals surface area contributed by atoms with Crippen molar-refractivity contribution in [3.05, 3.63) is 63.1 Å². The molecule has 0 aliphatic heterocycles. The van der Waals surface area contributed by atoms with Gasteiger partial charge in [0.2, 0.25) is 0 Å². The van der Waals surface area contributed by atoms with Gasteiger partial charge in [0, 0.05) is 21.1 Å². The van der Waals surface area contributed by atoms with Gasteiger partial charge in [-0.2, -0.15) is 0 Å². The van der Waals surface area contributed by atoms with Crippen LogP contribution in [0.3, 0.4) is 0 Å². The second-order valence-corrected chi connectivity index (χ2v) is 7.40. The minimum Gasteiger partial charge on any atom is -0.364 e. The summed E-state index contributed by atoms with van der Waals surface area (Å²) in [6.07, 6.45) is 2.18. The number of nitrogens with two attached hydrogens (primary N) is 1. The van der Waals surface area contributed by atoms with E-state index in [0.717, 1.165) is 28.9 Å². The fourth-order valence-corrected chi connectivity index (χ4v) is 3.73. The number of thiol groups is 1. The summed E-state index contributed by atoms with van der Waals surface area (Å²) in [5, 5.41) is 12.4. The molecule has 0 radical (unpaired) electrons. The lowest BCUT2D eigenvalue weighted by atomic mass is 9.99. The van der Waals surface area contributed by atoms with E-state index >= 15 is 0 Å². The molecule has 1 amide bonds. The van der Waals surface area contributed by atoms with Crippen LogP contribution >= 0.6 is 35.8 Å². The number of primary amides is 1. The monoisotopic (exact) mass is 405 g/mol. The van der Waals surface area contributed by atoms with Gasteiger partial charge in [-0.3, -0.25) is 10.2 Å². The number of aryl methyl sites for hydroxylation is 1. The van der Waals surface area contributed by atoms with Gasteiger partial charge in [-0.15, -0.1) is 12.6 Å². The number of amides is 1. The van der Waals surface area contributed by atoms with Crippen molar-refractivity contribution in [3.8, 4) is 0 Å². The highest BCUT2D eigenvalue weighted by atomic mass is 35.5. The largest absolute Gasteiger partial charge is 0.364 e. The second-order valence-electron chi connectivity index (χ2n) is 6.04. The van der Waals surface area contributed by atoms with Gasteiger partial charge in [0.1, 0.15) is 5.71 Å². The number of carbonyl (C=O) groups is 1. The molecule has 2 aromatic rings. The number of hydrogen-bond acceptors (Lipinski definition) is 4. The van der Waals surface area contributed by atoms with Crippen molar-refractivity contribution in [2.75, 3.05) is 5.32 Å². The number of halogens is 2. The molecule has 1 aliphatic carbocycles. The summed E-state index contributed by atoms with van der Waals surface area (Å²) in [6.45, 7) is 0. The van der Waals surface area contributed by atoms with E-state index in [1.165, 1.54) is 0 Å². The summed E-state index contributed by atoms with van der Waals surface area (Å²) < 4.78 is 0. The summed E-state index contributed by atoms with van der Waals surface area (Å²) in [5.41, 5.74) is 9.08. The zero-order chi connectivity index (χ0) is 18.8. The van der Waals surface area contributed by atoms with Gasteiger partial charge in [0.05, 0.1) is 16.4 Å². The third-order valence-corrected chi connectivity index (χ3v) is 5.10. The Labute approximate surface area is 167 Å². The molecule has 4 N–H and O–H groups in total.